The van der Waals surface area contributed by atoms with Gasteiger partial charge in [-0.15, -0.1) is 23.5 Å². The molecule has 5 fully saturated rings. The van der Waals surface area contributed by atoms with Crippen LogP contribution in [0, 0.1) is 10.8 Å². The minimum atomic E-state index is -1.07. The van der Waals surface area contributed by atoms with Gasteiger partial charge in [-0.2, -0.15) is 162 Å². The highest BCUT2D eigenvalue weighted by Crippen LogP contribution is 2.48. The largest absolute Gasteiger partial charge is 0.351 e. The summed E-state index contributed by atoms with van der Waals surface area (Å²) in [6.07, 6.45) is 4.11. The number of nitrogens with zero attached hydrogens (tertiary/aromatic N) is 2. The Morgan fingerprint density at radius 2 is 0.762 bits per heavy atom. The number of likely N-dealkylation sites (N-methyl/N-ethyl adjacent to an activating group) is 2. The molecule has 488 valence electrons. The lowest BCUT2D eigenvalue weighted by Crippen LogP contribution is -2.59. The van der Waals surface area contributed by atoms with E-state index in [0.717, 1.165) is 0 Å². The molecule has 4 aliphatic heterocycles. The third-order valence-corrected chi connectivity index (χ3v) is 17.7. The molecule has 0 unspecified atom stereocenters. The molecule has 0 spiro atoms. The third-order valence-electron chi connectivity index (χ3n) is 15.2. The van der Waals surface area contributed by atoms with Crippen molar-refractivity contribution < 1.29 is 38.4 Å². The fraction of sp³-hybridized carbons (Fsp3) is 0.615. The molecule has 10 atom stereocenters. The van der Waals surface area contributed by atoms with Crippen LogP contribution in [0.3, 0.4) is 0 Å². The topological polar surface area (TPSA) is 239 Å². The maximum atomic E-state index is 14.6. The van der Waals surface area contributed by atoms with Gasteiger partial charge in [0.25, 0.3) is 0 Å². The molecule has 0 radical (unpaired) electrons. The number of fused-ring (bicyclic) bond motifs is 2. The number of rotatable bonds is 16. The summed E-state index contributed by atoms with van der Waals surface area (Å²) in [7, 11) is 3.35. The van der Waals surface area contributed by atoms with Gasteiger partial charge in [-0.25, -0.2) is 0 Å². The van der Waals surface area contributed by atoms with E-state index in [1.54, 1.807) is 110 Å². The second-order valence-corrected chi connectivity index (χ2v) is 23.9. The average Bonchev–Trinajstić information content (AvgIpc) is 3.68. The van der Waals surface area contributed by atoms with Gasteiger partial charge in [-0.1, -0.05) is 88.4 Å². The standard InChI is InChI=1S/C52H74N10O8S2.12H2S/c1-29(53-7)43(63)57-35-23-25-71-37-27-51(3,4)41(61(37)49(35)69)47(67)59-39(31-15-11-9-12-16-31)45(65)55-33-19-21-34(22-20-33)56-46(66)40(32-17-13-10-14-18-32)60-48(68)42-52(5,6)28-38-62(42)50(70)36(24-26-72-38)58-44(64)30(2)54-8;;;;;;;;;;;;/h9-18,29-30,33-42,53-54H,19-28H2,1-8H3,(H,55,65)(H,56,66)(H,57,63)(H,58,64)(H,59,67)(H,60,68);12*1H2/t29-,30-,33?,34?,35-,36-,37-,38-,39-,40+,41+,42+;;;;;;;;;;;;/m0............/s1. The van der Waals surface area contributed by atoms with Crippen LogP contribution in [0.25, 0.3) is 0 Å². The Kier molecular flexibility index (Phi) is 47.2. The Morgan fingerprint density at radius 1 is 0.464 bits per heavy atom. The van der Waals surface area contributed by atoms with Crippen molar-refractivity contribution >= 4 is 233 Å². The second kappa shape index (κ2) is 42.1. The molecule has 2 aromatic rings. The predicted molar refractivity (Wildman–Crippen MR) is 402 cm³/mol. The van der Waals surface area contributed by atoms with E-state index in [1.807, 2.05) is 39.8 Å². The lowest BCUT2D eigenvalue weighted by atomic mass is 9.83. The van der Waals surface area contributed by atoms with Crippen molar-refractivity contribution in [3.05, 3.63) is 71.8 Å². The quantitative estimate of drug-likeness (QED) is 0.119. The molecular weight excluding hydrogens is 1340 g/mol. The summed E-state index contributed by atoms with van der Waals surface area (Å²) in [4.78, 5) is 115. The van der Waals surface area contributed by atoms with E-state index in [9.17, 15) is 38.4 Å². The number of carbonyl (C=O) groups excluding carboxylic acids is 8. The maximum Gasteiger partial charge on any atom is 0.247 e. The minimum Gasteiger partial charge on any atom is -0.351 e. The summed E-state index contributed by atoms with van der Waals surface area (Å²) < 4.78 is 0. The van der Waals surface area contributed by atoms with Gasteiger partial charge in [0.05, 0.1) is 22.8 Å². The van der Waals surface area contributed by atoms with Crippen molar-refractivity contribution in [2.45, 2.75) is 164 Å². The fourth-order valence-electron chi connectivity index (χ4n) is 10.8. The van der Waals surface area contributed by atoms with Crippen molar-refractivity contribution in [3.63, 3.8) is 0 Å². The Labute approximate surface area is 590 Å². The summed E-state index contributed by atoms with van der Waals surface area (Å²) in [5.74, 6) is -1.69. The minimum absolute atomic E-state index is 0. The van der Waals surface area contributed by atoms with Crippen molar-refractivity contribution in [2.24, 2.45) is 10.8 Å². The van der Waals surface area contributed by atoms with Gasteiger partial charge in [-0.05, 0) is 113 Å². The summed E-state index contributed by atoms with van der Waals surface area (Å²) in [5.41, 5.74) is -0.120. The summed E-state index contributed by atoms with van der Waals surface area (Å²) in [6.45, 7) is 11.2. The summed E-state index contributed by atoms with van der Waals surface area (Å²) >= 11 is 3.20. The first-order valence-corrected chi connectivity index (χ1v) is 27.5. The van der Waals surface area contributed by atoms with Crippen LogP contribution in [0.5, 0.6) is 0 Å². The Hall–Kier alpha value is -0.980. The third kappa shape index (κ3) is 22.7. The number of thioether (sulfide) groups is 2. The molecule has 0 bridgehead atoms. The number of amides is 8. The zero-order valence-corrected chi connectivity index (χ0v) is 62.4. The lowest BCUT2D eigenvalue weighted by Gasteiger charge is -2.36. The highest BCUT2D eigenvalue weighted by Gasteiger charge is 2.56. The van der Waals surface area contributed by atoms with E-state index in [2.05, 4.69) is 42.5 Å². The van der Waals surface area contributed by atoms with Gasteiger partial charge in [-0.3, -0.25) is 38.4 Å². The summed E-state index contributed by atoms with van der Waals surface area (Å²) in [5, 5.41) is 23.5. The van der Waals surface area contributed by atoms with Crippen LogP contribution in [-0.4, -0.2) is 142 Å². The number of carbonyl (C=O) groups is 8. The molecule has 5 aliphatic rings. The van der Waals surface area contributed by atoms with Gasteiger partial charge in [0.2, 0.25) is 47.3 Å². The van der Waals surface area contributed by atoms with Gasteiger partial charge in [0.15, 0.2) is 0 Å². The van der Waals surface area contributed by atoms with Crippen molar-refractivity contribution in [1.82, 2.24) is 52.3 Å². The molecule has 8 N–H and O–H groups in total. The van der Waals surface area contributed by atoms with E-state index in [4.69, 9.17) is 0 Å². The van der Waals surface area contributed by atoms with Crippen LogP contribution in [0.4, 0.5) is 0 Å². The molecule has 32 heteroatoms. The first-order chi connectivity index (χ1) is 34.2. The smallest absolute Gasteiger partial charge is 0.247 e. The van der Waals surface area contributed by atoms with Crippen LogP contribution in [0.1, 0.15) is 116 Å². The first kappa shape index (κ1) is 94.1. The fourth-order valence-corrected chi connectivity index (χ4v) is 14.0. The van der Waals surface area contributed by atoms with E-state index in [-0.39, 0.29) is 208 Å². The number of benzene rings is 2. The SMILES string of the molecule is CN[C@@H](C)C(=O)N[C@H]1CCS[C@H]2CC(C)(C)[C@@H](C(=O)N[C@H](C(=O)NC3CCC(NC(=O)[C@H](NC(=O)[C@H]4N5C(=O)[C@@H](NC(=O)[C@H](C)NC)CCS[C@H]5CC4(C)C)c4ccccc4)CC3)c3ccccc3)N2C1=O.S.S.S.S.S.S.S.S.S.S.S.S. The molecule has 8 amide bonds. The molecule has 4 heterocycles. The van der Waals surface area contributed by atoms with Crippen LogP contribution < -0.4 is 42.5 Å². The highest BCUT2D eigenvalue weighted by atomic mass is 32.2. The van der Waals surface area contributed by atoms with Crippen LogP contribution >= 0.6 is 185 Å². The zero-order chi connectivity index (χ0) is 52.1. The zero-order valence-electron chi connectivity index (χ0n) is 48.7. The monoisotopic (exact) mass is 1440 g/mol. The van der Waals surface area contributed by atoms with Crippen molar-refractivity contribution in [1.29, 1.82) is 0 Å². The van der Waals surface area contributed by atoms with E-state index >= 15 is 0 Å². The second-order valence-electron chi connectivity index (χ2n) is 21.3. The molecule has 1 aliphatic carbocycles. The number of hydrogen-bond acceptors (Lipinski definition) is 12. The maximum absolute atomic E-state index is 14.6. The molecule has 18 nitrogen and oxygen atoms in total. The van der Waals surface area contributed by atoms with E-state index in [1.165, 1.54) is 0 Å². The van der Waals surface area contributed by atoms with Crippen molar-refractivity contribution in [2.75, 3.05) is 25.6 Å². The van der Waals surface area contributed by atoms with Gasteiger partial charge in [0.1, 0.15) is 36.3 Å². The average molecular weight is 1440 g/mol. The molecule has 0 aromatic heterocycles. The Morgan fingerprint density at radius 3 is 1.05 bits per heavy atom. The Balaban J connectivity index is -0.00000127. The predicted octanol–water partition coefficient (Wildman–Crippen LogP) is 3.96. The van der Waals surface area contributed by atoms with Crippen molar-refractivity contribution in [3.8, 4) is 0 Å². The van der Waals surface area contributed by atoms with E-state index < -0.39 is 82.8 Å². The molecule has 7 rings (SSSR count). The molecule has 1 saturated carbocycles. The summed E-state index contributed by atoms with van der Waals surface area (Å²) in [6, 6.07) is 10.9. The van der Waals surface area contributed by atoms with Gasteiger partial charge in [0, 0.05) is 12.1 Å². The van der Waals surface area contributed by atoms with Gasteiger partial charge >= 0.3 is 0 Å². The molecular formula is C52H98N10O8S14. The van der Waals surface area contributed by atoms with Gasteiger partial charge < -0.3 is 52.3 Å². The van der Waals surface area contributed by atoms with E-state index in [0.29, 0.717) is 74.0 Å². The van der Waals surface area contributed by atoms with Crippen LogP contribution in [-0.2, 0) is 38.4 Å². The first-order valence-electron chi connectivity index (χ1n) is 25.4. The molecule has 2 aromatic carbocycles. The lowest BCUT2D eigenvalue weighted by molar-refractivity contribution is -0.144. The van der Waals surface area contributed by atoms with Crippen LogP contribution in [0.2, 0.25) is 0 Å². The molecule has 84 heavy (non-hydrogen) atoms. The highest BCUT2D eigenvalue weighted by molar-refractivity contribution is 8.00. The molecule has 4 saturated heterocycles. The normalized spacial score (nSPS) is 24.3. The van der Waals surface area contributed by atoms with Crippen LogP contribution in [0.15, 0.2) is 60.7 Å². The Bertz CT molecular complexity index is 2200. The number of hydrogen-bond donors (Lipinski definition) is 8. The number of nitrogens with one attached hydrogen (secondary N) is 8.